The molecular formula is C13H17ClN2S. The Morgan fingerprint density at radius 2 is 2.12 bits per heavy atom. The Bertz CT molecular complexity index is 595. The van der Waals surface area contributed by atoms with Gasteiger partial charge in [-0.2, -0.15) is 0 Å². The smallest absolute Gasteiger partial charge is 0.178 e. The third kappa shape index (κ3) is 2.55. The van der Waals surface area contributed by atoms with Crippen LogP contribution in [0.2, 0.25) is 5.02 Å². The lowest BCUT2D eigenvalue weighted by Crippen LogP contribution is -2.18. The van der Waals surface area contributed by atoms with E-state index in [0.717, 1.165) is 33.8 Å². The molecule has 0 aliphatic carbocycles. The Morgan fingerprint density at radius 3 is 2.76 bits per heavy atom. The summed E-state index contributed by atoms with van der Waals surface area (Å²) in [7, 11) is 0. The summed E-state index contributed by atoms with van der Waals surface area (Å²) in [6.45, 7) is 7.60. The number of nitrogens with zero attached hydrogens (tertiary/aromatic N) is 1. The Morgan fingerprint density at radius 1 is 1.41 bits per heavy atom. The van der Waals surface area contributed by atoms with Crippen molar-refractivity contribution in [3.8, 4) is 0 Å². The molecule has 1 aromatic carbocycles. The highest BCUT2D eigenvalue weighted by molar-refractivity contribution is 7.71. The van der Waals surface area contributed by atoms with Gasteiger partial charge in [0.1, 0.15) is 0 Å². The first-order chi connectivity index (χ1) is 7.93. The van der Waals surface area contributed by atoms with Crippen molar-refractivity contribution < 1.29 is 0 Å². The van der Waals surface area contributed by atoms with Crippen LogP contribution < -0.4 is 0 Å². The van der Waals surface area contributed by atoms with E-state index >= 15 is 0 Å². The van der Waals surface area contributed by atoms with Crippen molar-refractivity contribution in [2.45, 2.75) is 33.7 Å². The molecule has 0 aliphatic heterocycles. The molecule has 0 fully saturated rings. The van der Waals surface area contributed by atoms with Gasteiger partial charge in [-0.3, -0.25) is 0 Å². The number of aromatic amines is 1. The summed E-state index contributed by atoms with van der Waals surface area (Å²) in [6, 6.07) is 5.82. The van der Waals surface area contributed by atoms with Gasteiger partial charge in [0.25, 0.3) is 0 Å². The predicted octanol–water partition coefficient (Wildman–Crippen LogP) is 4.79. The maximum atomic E-state index is 6.04. The number of imidazole rings is 1. The van der Waals surface area contributed by atoms with Gasteiger partial charge in [-0.15, -0.1) is 0 Å². The second-order valence-electron chi connectivity index (χ2n) is 5.20. The average molecular weight is 269 g/mol. The van der Waals surface area contributed by atoms with Gasteiger partial charge < -0.3 is 9.55 Å². The summed E-state index contributed by atoms with van der Waals surface area (Å²) in [5, 5.41) is 0.745. The van der Waals surface area contributed by atoms with Gasteiger partial charge in [-0.1, -0.05) is 32.4 Å². The summed E-state index contributed by atoms with van der Waals surface area (Å²) in [4.78, 5) is 3.22. The molecule has 2 rings (SSSR count). The molecule has 2 nitrogen and oxygen atoms in total. The van der Waals surface area contributed by atoms with Crippen molar-refractivity contribution in [3.05, 3.63) is 28.0 Å². The second kappa shape index (κ2) is 4.46. The average Bonchev–Trinajstić information content (AvgIpc) is 2.56. The molecule has 0 bridgehead atoms. The van der Waals surface area contributed by atoms with Crippen LogP contribution in [-0.2, 0) is 6.54 Å². The fourth-order valence-electron chi connectivity index (χ4n) is 1.82. The van der Waals surface area contributed by atoms with E-state index in [1.807, 2.05) is 18.2 Å². The van der Waals surface area contributed by atoms with Crippen molar-refractivity contribution in [2.24, 2.45) is 5.41 Å². The molecule has 0 unspecified atom stereocenters. The van der Waals surface area contributed by atoms with Crippen molar-refractivity contribution in [1.29, 1.82) is 0 Å². The fraction of sp³-hybridized carbons (Fsp3) is 0.462. The van der Waals surface area contributed by atoms with Crippen LogP contribution in [0.15, 0.2) is 18.2 Å². The molecule has 2 aromatic rings. The highest BCUT2D eigenvalue weighted by Gasteiger charge is 2.18. The minimum atomic E-state index is 0.232. The van der Waals surface area contributed by atoms with Crippen molar-refractivity contribution in [2.75, 3.05) is 0 Å². The first kappa shape index (κ1) is 12.7. The maximum Gasteiger partial charge on any atom is 0.178 e. The minimum absolute atomic E-state index is 0.232. The fourth-order valence-corrected chi connectivity index (χ4v) is 2.26. The normalized spacial score (nSPS) is 12.2. The van der Waals surface area contributed by atoms with Crippen molar-refractivity contribution in [3.63, 3.8) is 0 Å². The van der Waals surface area contributed by atoms with Crippen LogP contribution in [0, 0.1) is 10.2 Å². The van der Waals surface area contributed by atoms with Gasteiger partial charge in [0, 0.05) is 11.6 Å². The van der Waals surface area contributed by atoms with Gasteiger partial charge in [-0.25, -0.2) is 0 Å². The molecule has 0 saturated carbocycles. The van der Waals surface area contributed by atoms with Gasteiger partial charge in [0.05, 0.1) is 11.0 Å². The zero-order valence-corrected chi connectivity index (χ0v) is 12.0. The number of fused-ring (bicyclic) bond motifs is 1. The summed E-state index contributed by atoms with van der Waals surface area (Å²) in [5.74, 6) is 0. The molecule has 1 heterocycles. The number of nitrogens with one attached hydrogen (secondary N) is 1. The molecule has 0 atom stereocenters. The lowest BCUT2D eigenvalue weighted by molar-refractivity contribution is 0.297. The number of H-pyrrole nitrogens is 1. The van der Waals surface area contributed by atoms with E-state index in [4.69, 9.17) is 23.8 Å². The van der Waals surface area contributed by atoms with E-state index in [2.05, 4.69) is 30.3 Å². The maximum absolute atomic E-state index is 6.04. The van der Waals surface area contributed by atoms with Gasteiger partial charge >= 0.3 is 0 Å². The summed E-state index contributed by atoms with van der Waals surface area (Å²) >= 11 is 11.4. The van der Waals surface area contributed by atoms with Crippen molar-refractivity contribution in [1.82, 2.24) is 9.55 Å². The molecule has 0 aliphatic rings. The number of hydrogen-bond acceptors (Lipinski definition) is 1. The van der Waals surface area contributed by atoms with E-state index in [-0.39, 0.29) is 5.41 Å². The van der Waals surface area contributed by atoms with E-state index in [9.17, 15) is 0 Å². The number of rotatable bonds is 3. The topological polar surface area (TPSA) is 20.7 Å². The molecule has 1 aromatic heterocycles. The monoisotopic (exact) mass is 268 g/mol. The second-order valence-corrected chi connectivity index (χ2v) is 6.02. The molecular weight excluding hydrogens is 252 g/mol. The summed E-state index contributed by atoms with van der Waals surface area (Å²) in [6.07, 6.45) is 1.11. The first-order valence-corrected chi connectivity index (χ1v) is 6.60. The van der Waals surface area contributed by atoms with E-state index in [0.29, 0.717) is 0 Å². The Balaban J connectivity index is 2.56. The van der Waals surface area contributed by atoms with Crippen LogP contribution >= 0.6 is 23.8 Å². The molecule has 0 spiro atoms. The van der Waals surface area contributed by atoms with Crippen LogP contribution in [0.3, 0.4) is 0 Å². The van der Waals surface area contributed by atoms with E-state index in [1.54, 1.807) is 0 Å². The number of aromatic nitrogens is 2. The van der Waals surface area contributed by atoms with Crippen LogP contribution in [0.4, 0.5) is 0 Å². The quantitative estimate of drug-likeness (QED) is 0.794. The van der Waals surface area contributed by atoms with E-state index < -0.39 is 0 Å². The standard InChI is InChI=1S/C13H17ClN2S/c1-4-13(2,3)8-16-11-7-9(14)5-6-10(11)15-12(16)17/h5-7H,4,8H2,1-3H3,(H,15,17). The number of benzene rings is 1. The molecule has 17 heavy (non-hydrogen) atoms. The lowest BCUT2D eigenvalue weighted by Gasteiger charge is -2.23. The van der Waals surface area contributed by atoms with E-state index in [1.165, 1.54) is 0 Å². The first-order valence-electron chi connectivity index (χ1n) is 5.81. The molecule has 0 amide bonds. The van der Waals surface area contributed by atoms with Gasteiger partial charge in [0.2, 0.25) is 0 Å². The summed E-state index contributed by atoms with van der Waals surface area (Å²) < 4.78 is 2.91. The van der Waals surface area contributed by atoms with Gasteiger partial charge in [0.15, 0.2) is 4.77 Å². The van der Waals surface area contributed by atoms with Crippen LogP contribution in [0.5, 0.6) is 0 Å². The Labute approximate surface area is 112 Å². The summed E-state index contributed by atoms with van der Waals surface area (Å²) in [5.41, 5.74) is 2.37. The van der Waals surface area contributed by atoms with Crippen LogP contribution in [0.1, 0.15) is 27.2 Å². The minimum Gasteiger partial charge on any atom is -0.331 e. The van der Waals surface area contributed by atoms with Gasteiger partial charge in [-0.05, 0) is 42.3 Å². The lowest BCUT2D eigenvalue weighted by atomic mass is 9.90. The predicted molar refractivity (Wildman–Crippen MR) is 76.2 cm³/mol. The number of halogens is 1. The molecule has 92 valence electrons. The SMILES string of the molecule is CCC(C)(C)Cn1c(=S)[nH]c2ccc(Cl)cc21. The Kier molecular flexibility index (Phi) is 3.32. The highest BCUT2D eigenvalue weighted by Crippen LogP contribution is 2.26. The van der Waals surface area contributed by atoms with Crippen LogP contribution in [-0.4, -0.2) is 9.55 Å². The Hall–Kier alpha value is -0.800. The number of hydrogen-bond donors (Lipinski definition) is 1. The molecule has 4 heteroatoms. The zero-order valence-electron chi connectivity index (χ0n) is 10.4. The van der Waals surface area contributed by atoms with Crippen LogP contribution in [0.25, 0.3) is 11.0 Å². The molecule has 1 N–H and O–H groups in total. The third-order valence-corrected chi connectivity index (χ3v) is 3.84. The van der Waals surface area contributed by atoms with Crippen molar-refractivity contribution >= 4 is 34.9 Å². The molecule has 0 radical (unpaired) electrons. The highest BCUT2D eigenvalue weighted by atomic mass is 35.5. The largest absolute Gasteiger partial charge is 0.331 e. The zero-order chi connectivity index (χ0) is 12.6. The molecule has 0 saturated heterocycles. The third-order valence-electron chi connectivity index (χ3n) is 3.28.